The summed E-state index contributed by atoms with van der Waals surface area (Å²) in [5.74, 6) is 1.40. The number of aromatic nitrogens is 1. The van der Waals surface area contributed by atoms with Gasteiger partial charge < -0.3 is 24.8 Å². The third kappa shape index (κ3) is 5.11. The topological polar surface area (TPSA) is 105 Å². The first-order valence-corrected chi connectivity index (χ1v) is 12.2. The van der Waals surface area contributed by atoms with Gasteiger partial charge in [-0.2, -0.15) is 0 Å². The van der Waals surface area contributed by atoms with Gasteiger partial charge in [-0.3, -0.25) is 4.79 Å². The molecule has 1 unspecified atom stereocenters. The molecule has 0 saturated carbocycles. The molecule has 1 saturated heterocycles. The SMILES string of the molecule is O=Cc1ccc(OCCC2CCCCN2)c(-c2c(-c3ccc(O)cc3)noc2-c2ccc(O)cc2)c1. The number of ether oxygens (including phenoxy) is 1. The van der Waals surface area contributed by atoms with Crippen LogP contribution in [0.3, 0.4) is 0 Å². The number of phenols is 2. The van der Waals surface area contributed by atoms with Crippen LogP contribution in [0.2, 0.25) is 0 Å². The largest absolute Gasteiger partial charge is 0.508 e. The van der Waals surface area contributed by atoms with Crippen molar-refractivity contribution in [1.82, 2.24) is 10.5 Å². The summed E-state index contributed by atoms with van der Waals surface area (Å²) in [5.41, 5.74) is 3.87. The summed E-state index contributed by atoms with van der Waals surface area (Å²) in [6.45, 7) is 1.57. The lowest BCUT2D eigenvalue weighted by molar-refractivity contribution is 0.112. The van der Waals surface area contributed by atoms with E-state index in [1.807, 2.05) is 6.07 Å². The molecule has 0 bridgehead atoms. The molecule has 1 atom stereocenters. The maximum absolute atomic E-state index is 11.7. The highest BCUT2D eigenvalue weighted by Gasteiger charge is 2.24. The number of hydrogen-bond donors (Lipinski definition) is 3. The molecule has 0 aliphatic carbocycles. The fourth-order valence-corrected chi connectivity index (χ4v) is 4.59. The van der Waals surface area contributed by atoms with Crippen LogP contribution in [-0.4, -0.2) is 40.8 Å². The number of rotatable bonds is 8. The summed E-state index contributed by atoms with van der Waals surface area (Å²) in [4.78, 5) is 11.7. The van der Waals surface area contributed by atoms with E-state index in [0.717, 1.165) is 31.2 Å². The fourth-order valence-electron chi connectivity index (χ4n) is 4.59. The zero-order valence-electron chi connectivity index (χ0n) is 19.8. The molecule has 3 aromatic carbocycles. The molecule has 7 nitrogen and oxygen atoms in total. The van der Waals surface area contributed by atoms with Gasteiger partial charge in [-0.15, -0.1) is 0 Å². The van der Waals surface area contributed by atoms with Gasteiger partial charge in [0.2, 0.25) is 0 Å². The van der Waals surface area contributed by atoms with Crippen LogP contribution in [0.4, 0.5) is 0 Å². The molecule has 1 aliphatic rings. The van der Waals surface area contributed by atoms with Gasteiger partial charge >= 0.3 is 0 Å². The number of benzene rings is 3. The number of hydrogen-bond acceptors (Lipinski definition) is 7. The van der Waals surface area contributed by atoms with E-state index >= 15 is 0 Å². The summed E-state index contributed by atoms with van der Waals surface area (Å²) >= 11 is 0. The first-order valence-electron chi connectivity index (χ1n) is 12.2. The van der Waals surface area contributed by atoms with Crippen LogP contribution < -0.4 is 10.1 Å². The van der Waals surface area contributed by atoms with Crippen LogP contribution in [-0.2, 0) is 0 Å². The summed E-state index contributed by atoms with van der Waals surface area (Å²) in [6.07, 6.45) is 5.26. The van der Waals surface area contributed by atoms with Crippen LogP contribution >= 0.6 is 0 Å². The first-order chi connectivity index (χ1) is 17.6. The molecule has 7 heteroatoms. The van der Waals surface area contributed by atoms with Gasteiger partial charge in [-0.25, -0.2) is 0 Å². The third-order valence-electron chi connectivity index (χ3n) is 6.51. The second-order valence-electron chi connectivity index (χ2n) is 8.99. The molecular formula is C29H28N2O5. The van der Waals surface area contributed by atoms with E-state index in [2.05, 4.69) is 10.5 Å². The number of aromatic hydroxyl groups is 2. The van der Waals surface area contributed by atoms with Gasteiger partial charge in [0.05, 0.1) is 12.2 Å². The van der Waals surface area contributed by atoms with Crippen molar-refractivity contribution in [2.45, 2.75) is 31.7 Å². The maximum atomic E-state index is 11.7. The Hall–Kier alpha value is -4.10. The fraction of sp³-hybridized carbons (Fsp3) is 0.241. The molecule has 2 heterocycles. The molecule has 184 valence electrons. The minimum absolute atomic E-state index is 0.141. The number of aldehydes is 1. The number of nitrogens with one attached hydrogen (secondary N) is 1. The number of piperidine rings is 1. The van der Waals surface area contributed by atoms with Gasteiger partial charge in [0.1, 0.15) is 29.2 Å². The highest BCUT2D eigenvalue weighted by Crippen LogP contribution is 2.44. The number of carbonyl (C=O) groups is 1. The Morgan fingerprint density at radius 2 is 1.69 bits per heavy atom. The Labute approximate surface area is 209 Å². The molecule has 3 N–H and O–H groups in total. The molecule has 1 fully saturated rings. The summed E-state index contributed by atoms with van der Waals surface area (Å²) in [5, 5.41) is 27.5. The average molecular weight is 485 g/mol. The summed E-state index contributed by atoms with van der Waals surface area (Å²) in [6, 6.07) is 19.1. The molecule has 1 aliphatic heterocycles. The Kier molecular flexibility index (Phi) is 7.00. The molecular weight excluding hydrogens is 456 g/mol. The Morgan fingerprint density at radius 3 is 2.36 bits per heavy atom. The van der Waals surface area contributed by atoms with Gasteiger partial charge in [-0.05, 0) is 92.5 Å². The van der Waals surface area contributed by atoms with E-state index < -0.39 is 0 Å². The number of carbonyl (C=O) groups excluding carboxylic acids is 1. The van der Waals surface area contributed by atoms with Crippen molar-refractivity contribution in [3.63, 3.8) is 0 Å². The van der Waals surface area contributed by atoms with Crippen molar-refractivity contribution in [1.29, 1.82) is 0 Å². The van der Waals surface area contributed by atoms with Crippen molar-refractivity contribution in [3.05, 3.63) is 72.3 Å². The van der Waals surface area contributed by atoms with Crippen molar-refractivity contribution in [2.75, 3.05) is 13.2 Å². The van der Waals surface area contributed by atoms with Crippen LogP contribution in [0.15, 0.2) is 71.3 Å². The zero-order chi connectivity index (χ0) is 24.9. The minimum atomic E-state index is 0.141. The number of phenolic OH excluding ortho intramolecular Hbond substituents is 2. The molecule has 0 amide bonds. The monoisotopic (exact) mass is 484 g/mol. The van der Waals surface area contributed by atoms with E-state index in [1.165, 1.54) is 12.8 Å². The van der Waals surface area contributed by atoms with E-state index in [0.29, 0.717) is 52.1 Å². The zero-order valence-corrected chi connectivity index (χ0v) is 19.8. The highest BCUT2D eigenvalue weighted by molar-refractivity contribution is 5.94. The van der Waals surface area contributed by atoms with Crippen LogP contribution in [0.5, 0.6) is 17.2 Å². The predicted molar refractivity (Wildman–Crippen MR) is 137 cm³/mol. The van der Waals surface area contributed by atoms with E-state index in [4.69, 9.17) is 9.26 Å². The minimum Gasteiger partial charge on any atom is -0.508 e. The van der Waals surface area contributed by atoms with E-state index in [1.54, 1.807) is 60.7 Å². The van der Waals surface area contributed by atoms with Gasteiger partial charge in [0, 0.05) is 28.3 Å². The smallest absolute Gasteiger partial charge is 0.175 e. The Morgan fingerprint density at radius 1 is 0.972 bits per heavy atom. The first kappa shape index (κ1) is 23.6. The molecule has 36 heavy (non-hydrogen) atoms. The number of nitrogens with zero attached hydrogens (tertiary/aromatic N) is 1. The van der Waals surface area contributed by atoms with Gasteiger partial charge in [0.25, 0.3) is 0 Å². The lowest BCUT2D eigenvalue weighted by atomic mass is 9.94. The third-order valence-corrected chi connectivity index (χ3v) is 6.51. The second-order valence-corrected chi connectivity index (χ2v) is 8.99. The standard InChI is InChI=1S/C29H28N2O5/c32-18-19-4-13-26(35-16-14-22-3-1-2-15-30-22)25(17-19)27-28(20-5-9-23(33)10-6-20)31-36-29(27)21-7-11-24(34)12-8-21/h4-13,17-18,22,30,33-34H,1-3,14-16H2. The highest BCUT2D eigenvalue weighted by atomic mass is 16.5. The lowest BCUT2D eigenvalue weighted by Crippen LogP contribution is -2.35. The second kappa shape index (κ2) is 10.7. The van der Waals surface area contributed by atoms with Crippen molar-refractivity contribution < 1.29 is 24.3 Å². The molecule has 4 aromatic rings. The average Bonchev–Trinajstić information content (AvgIpc) is 3.35. The van der Waals surface area contributed by atoms with Crippen molar-refractivity contribution >= 4 is 6.29 Å². The maximum Gasteiger partial charge on any atom is 0.175 e. The van der Waals surface area contributed by atoms with Crippen LogP contribution in [0, 0.1) is 0 Å². The molecule has 5 rings (SSSR count). The van der Waals surface area contributed by atoms with Crippen molar-refractivity contribution in [3.8, 4) is 51.0 Å². The molecule has 1 aromatic heterocycles. The Bertz CT molecular complexity index is 1260. The van der Waals surface area contributed by atoms with Crippen molar-refractivity contribution in [2.24, 2.45) is 0 Å². The van der Waals surface area contributed by atoms with Crippen LogP contribution in [0.25, 0.3) is 33.7 Å². The predicted octanol–water partition coefficient (Wildman–Crippen LogP) is 5.81. The quantitative estimate of drug-likeness (QED) is 0.271. The molecule has 0 spiro atoms. The molecule has 0 radical (unpaired) electrons. The van der Waals surface area contributed by atoms with Gasteiger partial charge in [0.15, 0.2) is 5.76 Å². The van der Waals surface area contributed by atoms with E-state index in [9.17, 15) is 15.0 Å². The Balaban J connectivity index is 1.59. The van der Waals surface area contributed by atoms with Crippen LogP contribution in [0.1, 0.15) is 36.0 Å². The van der Waals surface area contributed by atoms with Gasteiger partial charge in [-0.1, -0.05) is 11.6 Å². The lowest BCUT2D eigenvalue weighted by Gasteiger charge is -2.23. The van der Waals surface area contributed by atoms with E-state index in [-0.39, 0.29) is 11.5 Å². The normalized spacial score (nSPS) is 15.5. The summed E-state index contributed by atoms with van der Waals surface area (Å²) < 4.78 is 12.1. The summed E-state index contributed by atoms with van der Waals surface area (Å²) in [7, 11) is 0.